The molecule has 1 N–H and O–H groups in total. The molecule has 2 aliphatic rings. The van der Waals surface area contributed by atoms with Crippen LogP contribution in [0.3, 0.4) is 0 Å². The number of hydrogen-bond donors (Lipinski definition) is 1. The van der Waals surface area contributed by atoms with Gasteiger partial charge >= 0.3 is 0 Å². The topological polar surface area (TPSA) is 63.6 Å². The maximum atomic E-state index is 13.6. The lowest BCUT2D eigenvalue weighted by Crippen LogP contribution is -2.57. The van der Waals surface area contributed by atoms with Crippen LogP contribution in [0.25, 0.3) is 0 Å². The molecule has 148 valence electrons. The smallest absolute Gasteiger partial charge is 0.176 e. The molecule has 28 heavy (non-hydrogen) atoms. The van der Waals surface area contributed by atoms with Crippen LogP contribution in [0, 0.1) is 10.8 Å². The van der Waals surface area contributed by atoms with Crippen molar-refractivity contribution < 1.29 is 19.4 Å². The molecule has 0 spiro atoms. The fraction of sp³-hybridized carbons (Fsp3) is 0.391. The van der Waals surface area contributed by atoms with Gasteiger partial charge in [-0.15, -0.1) is 0 Å². The highest BCUT2D eigenvalue weighted by molar-refractivity contribution is 6.32. The van der Waals surface area contributed by atoms with Crippen molar-refractivity contribution in [3.05, 3.63) is 58.2 Å². The number of ether oxygens (including phenoxy) is 1. The molecule has 5 heteroatoms. The second kappa shape index (κ2) is 6.63. The van der Waals surface area contributed by atoms with E-state index in [2.05, 4.69) is 6.58 Å². The molecular formula is C23H25ClO4. The Labute approximate surface area is 170 Å². The van der Waals surface area contributed by atoms with Gasteiger partial charge in [-0.25, -0.2) is 0 Å². The summed E-state index contributed by atoms with van der Waals surface area (Å²) in [6, 6.07) is 3.31. The number of carbonyl (C=O) groups excluding carboxylic acids is 2. The highest BCUT2D eigenvalue weighted by Crippen LogP contribution is 2.62. The zero-order valence-electron chi connectivity index (χ0n) is 16.9. The van der Waals surface area contributed by atoms with Gasteiger partial charge in [0.1, 0.15) is 0 Å². The number of rotatable bonds is 3. The molecule has 0 saturated heterocycles. The van der Waals surface area contributed by atoms with E-state index in [4.69, 9.17) is 16.3 Å². The molecule has 0 unspecified atom stereocenters. The van der Waals surface area contributed by atoms with Gasteiger partial charge in [0.2, 0.25) is 0 Å². The monoisotopic (exact) mass is 400 g/mol. The minimum Gasteiger partial charge on any atom is -0.503 e. The van der Waals surface area contributed by atoms with Crippen molar-refractivity contribution in [3.8, 4) is 11.5 Å². The van der Waals surface area contributed by atoms with Crippen molar-refractivity contribution in [3.63, 3.8) is 0 Å². The quantitative estimate of drug-likeness (QED) is 0.761. The lowest BCUT2D eigenvalue weighted by atomic mass is 9.45. The third-order valence-electron chi connectivity index (χ3n) is 6.86. The Bertz CT molecular complexity index is 971. The van der Waals surface area contributed by atoms with Gasteiger partial charge in [-0.2, -0.15) is 0 Å². The molecule has 0 aromatic heterocycles. The minimum atomic E-state index is -1.02. The molecule has 0 amide bonds. The van der Waals surface area contributed by atoms with Crippen molar-refractivity contribution >= 4 is 23.2 Å². The molecule has 3 atom stereocenters. The van der Waals surface area contributed by atoms with Crippen LogP contribution >= 0.6 is 11.6 Å². The first-order chi connectivity index (χ1) is 13.0. The number of hydrogen-bond acceptors (Lipinski definition) is 4. The Kier molecular flexibility index (Phi) is 4.83. The second-order valence-corrected chi connectivity index (χ2v) is 8.45. The van der Waals surface area contributed by atoms with Crippen molar-refractivity contribution in [1.82, 2.24) is 0 Å². The summed E-state index contributed by atoms with van der Waals surface area (Å²) in [6.45, 7) is 11.1. The maximum absolute atomic E-state index is 13.6. The first-order valence-corrected chi connectivity index (χ1v) is 9.58. The van der Waals surface area contributed by atoms with Crippen molar-refractivity contribution in [2.75, 3.05) is 7.11 Å². The summed E-state index contributed by atoms with van der Waals surface area (Å²) in [4.78, 5) is 26.9. The van der Waals surface area contributed by atoms with E-state index in [0.29, 0.717) is 23.1 Å². The maximum Gasteiger partial charge on any atom is 0.176 e. The van der Waals surface area contributed by atoms with E-state index in [0.717, 1.165) is 5.57 Å². The largest absolute Gasteiger partial charge is 0.503 e. The Morgan fingerprint density at radius 1 is 1.21 bits per heavy atom. The molecule has 0 aliphatic heterocycles. The second-order valence-electron chi connectivity index (χ2n) is 8.04. The third kappa shape index (κ3) is 2.44. The summed E-state index contributed by atoms with van der Waals surface area (Å²) in [5.74, 6) is -0.435. The third-order valence-corrected chi connectivity index (χ3v) is 7.15. The van der Waals surface area contributed by atoms with Crippen LogP contribution in [0.1, 0.15) is 45.6 Å². The van der Waals surface area contributed by atoms with Crippen LogP contribution in [-0.4, -0.2) is 23.8 Å². The number of aromatic hydroxyl groups is 1. The van der Waals surface area contributed by atoms with Gasteiger partial charge in [-0.05, 0) is 54.7 Å². The first kappa shape index (κ1) is 20.4. The van der Waals surface area contributed by atoms with Gasteiger partial charge in [-0.1, -0.05) is 44.2 Å². The summed E-state index contributed by atoms with van der Waals surface area (Å²) >= 11 is 6.24. The van der Waals surface area contributed by atoms with Gasteiger partial charge in [0, 0.05) is 11.3 Å². The van der Waals surface area contributed by atoms with E-state index in [9.17, 15) is 14.7 Å². The molecule has 1 aromatic carbocycles. The first-order valence-electron chi connectivity index (χ1n) is 9.20. The Morgan fingerprint density at radius 2 is 1.82 bits per heavy atom. The number of benzene rings is 1. The van der Waals surface area contributed by atoms with E-state index >= 15 is 0 Å². The van der Waals surface area contributed by atoms with Crippen LogP contribution in [0.4, 0.5) is 0 Å². The molecule has 4 nitrogen and oxygen atoms in total. The molecule has 3 rings (SSSR count). The molecular weight excluding hydrogens is 376 g/mol. The predicted octanol–water partition coefficient (Wildman–Crippen LogP) is 5.15. The normalized spacial score (nSPS) is 30.1. The summed E-state index contributed by atoms with van der Waals surface area (Å²) < 4.78 is 5.27. The van der Waals surface area contributed by atoms with Gasteiger partial charge in [0.05, 0.1) is 17.5 Å². The highest BCUT2D eigenvalue weighted by atomic mass is 35.5. The van der Waals surface area contributed by atoms with Crippen molar-refractivity contribution in [2.45, 2.75) is 40.0 Å². The Morgan fingerprint density at radius 3 is 2.39 bits per heavy atom. The summed E-state index contributed by atoms with van der Waals surface area (Å²) in [7, 11) is 1.44. The lowest BCUT2D eigenvalue weighted by molar-refractivity contribution is -0.147. The van der Waals surface area contributed by atoms with Gasteiger partial charge < -0.3 is 9.84 Å². The molecule has 1 aromatic rings. The number of fused-ring (bicyclic) bond motifs is 1. The van der Waals surface area contributed by atoms with Crippen LogP contribution < -0.4 is 4.74 Å². The number of ketones is 2. The summed E-state index contributed by atoms with van der Waals surface area (Å²) in [5.41, 5.74) is 0.683. The molecule has 0 heterocycles. The van der Waals surface area contributed by atoms with Gasteiger partial charge in [0.25, 0.3) is 0 Å². The van der Waals surface area contributed by atoms with Gasteiger partial charge in [-0.3, -0.25) is 9.59 Å². The number of Topliss-reactive ketones (excluding diaryl/α,β-unsaturated/α-hetero) is 2. The van der Waals surface area contributed by atoms with E-state index in [1.54, 1.807) is 32.1 Å². The van der Waals surface area contributed by atoms with E-state index in [-0.39, 0.29) is 28.1 Å². The summed E-state index contributed by atoms with van der Waals surface area (Å²) in [5, 5.41) is 10.3. The SMILES string of the molecule is C=CC1=CC[C@@]2(C)C(=O)C(C)=C(C)C(=O)[C@@]2(C)[C@H]1c1cc(Cl)c(O)c(OC)c1. The molecule has 0 radical (unpaired) electrons. The van der Waals surface area contributed by atoms with E-state index < -0.39 is 16.7 Å². The van der Waals surface area contributed by atoms with Crippen molar-refractivity contribution in [1.29, 1.82) is 0 Å². The number of methoxy groups -OCH3 is 1. The average Bonchev–Trinajstić information content (AvgIpc) is 2.68. The number of allylic oxidation sites excluding steroid dienone is 5. The van der Waals surface area contributed by atoms with Crippen LogP contribution in [0.2, 0.25) is 5.02 Å². The van der Waals surface area contributed by atoms with Crippen molar-refractivity contribution in [2.24, 2.45) is 10.8 Å². The predicted molar refractivity (Wildman–Crippen MR) is 110 cm³/mol. The minimum absolute atomic E-state index is 0.00620. The average molecular weight is 401 g/mol. The van der Waals surface area contributed by atoms with Crippen LogP contribution in [-0.2, 0) is 9.59 Å². The molecule has 0 saturated carbocycles. The zero-order valence-corrected chi connectivity index (χ0v) is 17.6. The summed E-state index contributed by atoms with van der Waals surface area (Å²) in [6.07, 6.45) is 4.16. The molecule has 0 fully saturated rings. The Balaban J connectivity index is 2.36. The number of phenolic OH excluding ortho intramolecular Hbond substituents is 1. The zero-order chi connectivity index (χ0) is 21.0. The van der Waals surface area contributed by atoms with Crippen LogP contribution in [0.15, 0.2) is 47.6 Å². The van der Waals surface area contributed by atoms with E-state index in [1.165, 1.54) is 7.11 Å². The lowest BCUT2D eigenvalue weighted by Gasteiger charge is -2.54. The Hall–Kier alpha value is -2.33. The van der Waals surface area contributed by atoms with Crippen LogP contribution in [0.5, 0.6) is 11.5 Å². The fourth-order valence-corrected chi connectivity index (χ4v) is 5.02. The highest BCUT2D eigenvalue weighted by Gasteiger charge is 2.63. The van der Waals surface area contributed by atoms with E-state index in [1.807, 2.05) is 19.9 Å². The number of carbonyl (C=O) groups is 2. The number of halogens is 1. The molecule has 2 aliphatic carbocycles. The fourth-order valence-electron chi connectivity index (χ4n) is 4.80. The van der Waals surface area contributed by atoms with Gasteiger partial charge in [0.15, 0.2) is 23.1 Å². The molecule has 0 bridgehead atoms. The number of phenols is 1. The standard InChI is InChI=1S/C23H25ClO4/c1-7-14-8-9-22(4)20(26)12(2)13(3)21(27)23(22,5)18(14)15-10-16(24)19(25)17(11-15)28-6/h7-8,10-11,18,25H,1,9H2,2-6H3/t18-,22+,23-/m1/s1.